The lowest BCUT2D eigenvalue weighted by molar-refractivity contribution is -0.0435. The zero-order chi connectivity index (χ0) is 18.2. The quantitative estimate of drug-likeness (QED) is 0.845. The fourth-order valence-electron chi connectivity index (χ4n) is 2.82. The van der Waals surface area contributed by atoms with Gasteiger partial charge in [0.05, 0.1) is 16.3 Å². The van der Waals surface area contributed by atoms with Gasteiger partial charge in [-0.2, -0.15) is 13.2 Å². The molecule has 1 atom stereocenters. The number of alkyl halides is 3. The molecule has 2 rings (SSSR count). The first kappa shape index (κ1) is 19.0. The Kier molecular flexibility index (Phi) is 5.17. The van der Waals surface area contributed by atoms with Gasteiger partial charge in [0, 0.05) is 13.1 Å². The number of nitrogens with two attached hydrogens (primary N) is 1. The lowest BCUT2D eigenvalue weighted by Gasteiger charge is -2.35. The first-order chi connectivity index (χ1) is 10.9. The molecule has 136 valence electrons. The molecule has 0 aromatic heterocycles. The number of halogens is 3. The Morgan fingerprint density at radius 2 is 1.79 bits per heavy atom. The lowest BCUT2D eigenvalue weighted by atomic mass is 9.99. The summed E-state index contributed by atoms with van der Waals surface area (Å²) >= 11 is 0. The summed E-state index contributed by atoms with van der Waals surface area (Å²) < 4.78 is 84.5. The zero-order valence-corrected chi connectivity index (χ0v) is 14.2. The van der Waals surface area contributed by atoms with E-state index in [-0.39, 0.29) is 23.9 Å². The number of anilines is 1. The monoisotopic (exact) mass is 386 g/mol. The van der Waals surface area contributed by atoms with Crippen molar-refractivity contribution in [2.45, 2.75) is 23.2 Å². The number of piperidine rings is 1. The minimum atomic E-state index is -5.49. The second-order valence-corrected chi connectivity index (χ2v) is 9.27. The fourth-order valence-corrected chi connectivity index (χ4v) is 4.73. The van der Waals surface area contributed by atoms with E-state index in [1.165, 1.54) is 23.1 Å². The molecule has 2 N–H and O–H groups in total. The molecule has 1 saturated heterocycles. The summed E-state index contributed by atoms with van der Waals surface area (Å²) in [4.78, 5) is 0.645. The highest BCUT2D eigenvalue weighted by molar-refractivity contribution is 7.92. The summed E-state index contributed by atoms with van der Waals surface area (Å²) in [5.74, 6) is -0.659. The maximum Gasteiger partial charge on any atom is 0.501 e. The van der Waals surface area contributed by atoms with Crippen LogP contribution >= 0.6 is 0 Å². The van der Waals surface area contributed by atoms with Crippen LogP contribution in [0, 0.1) is 5.92 Å². The summed E-state index contributed by atoms with van der Waals surface area (Å²) in [6, 6.07) is 4.85. The average molecular weight is 386 g/mol. The van der Waals surface area contributed by atoms with Crippen LogP contribution in [0.25, 0.3) is 0 Å². The van der Waals surface area contributed by atoms with Crippen LogP contribution in [0.2, 0.25) is 0 Å². The highest BCUT2D eigenvalue weighted by Crippen LogP contribution is 2.37. The molecular formula is C13H17F3N2O4S2. The molecule has 1 aromatic carbocycles. The van der Waals surface area contributed by atoms with Crippen LogP contribution in [0.5, 0.6) is 0 Å². The summed E-state index contributed by atoms with van der Waals surface area (Å²) in [5, 5.41) is 5.02. The maximum atomic E-state index is 12.9. The van der Waals surface area contributed by atoms with E-state index in [1.54, 1.807) is 0 Å². The van der Waals surface area contributed by atoms with Crippen molar-refractivity contribution in [2.24, 2.45) is 11.1 Å². The molecule has 0 bridgehead atoms. The van der Waals surface area contributed by atoms with Gasteiger partial charge in [0.25, 0.3) is 9.84 Å². The summed E-state index contributed by atoms with van der Waals surface area (Å²) in [7, 11) is -9.21. The normalized spacial score (nSPS) is 20.2. The van der Waals surface area contributed by atoms with E-state index in [1.807, 2.05) is 0 Å². The second kappa shape index (κ2) is 6.52. The van der Waals surface area contributed by atoms with E-state index in [0.717, 1.165) is 6.07 Å². The lowest BCUT2D eigenvalue weighted by Crippen LogP contribution is -2.40. The van der Waals surface area contributed by atoms with Gasteiger partial charge in [-0.25, -0.2) is 22.0 Å². The predicted molar refractivity (Wildman–Crippen MR) is 82.6 cm³/mol. The van der Waals surface area contributed by atoms with E-state index in [0.29, 0.717) is 19.4 Å². The number of rotatable bonds is 4. The van der Waals surface area contributed by atoms with E-state index in [9.17, 15) is 30.0 Å². The van der Waals surface area contributed by atoms with Crippen LogP contribution in [0.15, 0.2) is 29.2 Å². The Morgan fingerprint density at radius 1 is 1.17 bits per heavy atom. The topological polar surface area (TPSA) is 97.5 Å². The minimum Gasteiger partial charge on any atom is -0.370 e. The van der Waals surface area contributed by atoms with Gasteiger partial charge >= 0.3 is 5.51 Å². The van der Waals surface area contributed by atoms with Gasteiger partial charge in [-0.05, 0) is 30.9 Å². The highest BCUT2D eigenvalue weighted by atomic mass is 32.2. The van der Waals surface area contributed by atoms with Crippen molar-refractivity contribution < 1.29 is 30.0 Å². The molecule has 1 fully saturated rings. The van der Waals surface area contributed by atoms with Crippen molar-refractivity contribution in [3.05, 3.63) is 24.3 Å². The van der Waals surface area contributed by atoms with Crippen molar-refractivity contribution in [3.8, 4) is 0 Å². The Balaban J connectivity index is 2.37. The Bertz CT molecular complexity index is 807. The van der Waals surface area contributed by atoms with Crippen molar-refractivity contribution >= 4 is 25.5 Å². The Hall–Kier alpha value is -1.33. The van der Waals surface area contributed by atoms with Gasteiger partial charge in [0.1, 0.15) is 0 Å². The van der Waals surface area contributed by atoms with E-state index in [4.69, 9.17) is 5.14 Å². The molecular weight excluding hydrogens is 369 g/mol. The van der Waals surface area contributed by atoms with Crippen LogP contribution in [0.1, 0.15) is 12.8 Å². The minimum absolute atomic E-state index is 0.0751. The van der Waals surface area contributed by atoms with Crippen molar-refractivity contribution in [3.63, 3.8) is 0 Å². The van der Waals surface area contributed by atoms with Gasteiger partial charge in [-0.1, -0.05) is 12.1 Å². The molecule has 0 spiro atoms. The molecule has 1 heterocycles. The molecule has 0 amide bonds. The number of sulfone groups is 1. The van der Waals surface area contributed by atoms with Crippen molar-refractivity contribution in [2.75, 3.05) is 23.7 Å². The molecule has 24 heavy (non-hydrogen) atoms. The average Bonchev–Trinajstić information content (AvgIpc) is 2.44. The van der Waals surface area contributed by atoms with Gasteiger partial charge < -0.3 is 4.90 Å². The van der Waals surface area contributed by atoms with Gasteiger partial charge in [0.15, 0.2) is 0 Å². The van der Waals surface area contributed by atoms with E-state index < -0.39 is 30.3 Å². The first-order valence-corrected chi connectivity index (χ1v) is 10.3. The molecule has 11 heteroatoms. The summed E-state index contributed by atoms with van der Waals surface area (Å²) in [5.41, 5.74) is -5.48. The third-order valence-corrected chi connectivity index (χ3v) is 6.26. The molecule has 1 aromatic rings. The summed E-state index contributed by atoms with van der Waals surface area (Å²) in [6.07, 6.45) is 1.09. The summed E-state index contributed by atoms with van der Waals surface area (Å²) in [6.45, 7) is 0.465. The number of primary sulfonamides is 1. The van der Waals surface area contributed by atoms with Gasteiger partial charge in [0.2, 0.25) is 10.0 Å². The highest BCUT2D eigenvalue weighted by Gasteiger charge is 2.48. The van der Waals surface area contributed by atoms with Crippen LogP contribution in [0.4, 0.5) is 18.9 Å². The SMILES string of the molecule is NS(=O)(=O)C[C@@H]1CCCN(c2ccccc2S(=O)(=O)C(F)(F)F)C1. The van der Waals surface area contributed by atoms with Gasteiger partial charge in [-0.3, -0.25) is 0 Å². The molecule has 1 aliphatic rings. The number of benzene rings is 1. The van der Waals surface area contributed by atoms with Crippen LogP contribution in [-0.2, 0) is 19.9 Å². The predicted octanol–water partition coefficient (Wildman–Crippen LogP) is 1.48. The van der Waals surface area contributed by atoms with Crippen molar-refractivity contribution in [1.82, 2.24) is 0 Å². The third kappa shape index (κ3) is 4.19. The first-order valence-electron chi connectivity index (χ1n) is 7.07. The number of hydrogen-bond acceptors (Lipinski definition) is 5. The van der Waals surface area contributed by atoms with E-state index >= 15 is 0 Å². The standard InChI is InChI=1S/C13H17F3N2O4S2/c14-13(15,16)24(21,22)12-6-2-1-5-11(12)18-7-3-4-10(8-18)9-23(17,19)20/h1-2,5-6,10H,3-4,7-9H2,(H2,17,19,20)/t10-/m1/s1. The van der Waals surface area contributed by atoms with Crippen LogP contribution in [0.3, 0.4) is 0 Å². The fraction of sp³-hybridized carbons (Fsp3) is 0.538. The zero-order valence-electron chi connectivity index (χ0n) is 12.5. The molecule has 0 aliphatic carbocycles. The Morgan fingerprint density at radius 3 is 2.38 bits per heavy atom. The Labute approximate surface area is 138 Å². The maximum absolute atomic E-state index is 12.9. The molecule has 1 aliphatic heterocycles. The van der Waals surface area contributed by atoms with E-state index in [2.05, 4.69) is 0 Å². The number of sulfonamides is 1. The second-order valence-electron chi connectivity index (χ2n) is 5.70. The smallest absolute Gasteiger partial charge is 0.370 e. The largest absolute Gasteiger partial charge is 0.501 e. The molecule has 0 radical (unpaired) electrons. The number of para-hydroxylation sites is 1. The number of nitrogens with zero attached hydrogens (tertiary/aromatic N) is 1. The molecule has 0 unspecified atom stereocenters. The van der Waals surface area contributed by atoms with Gasteiger partial charge in [-0.15, -0.1) is 0 Å². The molecule has 0 saturated carbocycles. The van der Waals surface area contributed by atoms with Crippen molar-refractivity contribution in [1.29, 1.82) is 0 Å². The number of hydrogen-bond donors (Lipinski definition) is 1. The van der Waals surface area contributed by atoms with Crippen LogP contribution in [-0.4, -0.2) is 41.2 Å². The molecule has 6 nitrogen and oxygen atoms in total. The van der Waals surface area contributed by atoms with Crippen LogP contribution < -0.4 is 10.0 Å². The third-order valence-electron chi connectivity index (χ3n) is 3.79.